The van der Waals surface area contributed by atoms with Gasteiger partial charge >= 0.3 is 0 Å². The molecule has 22 heteroatoms. The van der Waals surface area contributed by atoms with E-state index in [1.54, 1.807) is 5.01 Å². The number of hydrogen-bond acceptors (Lipinski definition) is 15. The first kappa shape index (κ1) is 53.0. The SMILES string of the molecule is CCCC(=O)NCCN(CCC(=O)NCCN(CCC(=O)NCCN)CCC(=O)NCCN)NCC(=O)NCCN(CCC(=O)NCCN)CCC(=O)NCCN. The number of nitrogens with two attached hydrogens (primary N) is 4. The van der Waals surface area contributed by atoms with Crippen molar-refractivity contribution in [1.29, 1.82) is 0 Å². The maximum absolute atomic E-state index is 12.9. The van der Waals surface area contributed by atoms with Crippen LogP contribution in [0.1, 0.15) is 51.9 Å². The van der Waals surface area contributed by atoms with Gasteiger partial charge in [0.15, 0.2) is 0 Å². The first-order chi connectivity index (χ1) is 27.5. The van der Waals surface area contributed by atoms with Crippen LogP contribution in [0.25, 0.3) is 0 Å². The van der Waals surface area contributed by atoms with Crippen molar-refractivity contribution in [2.75, 3.05) is 131 Å². The van der Waals surface area contributed by atoms with Gasteiger partial charge in [0.25, 0.3) is 0 Å². The van der Waals surface area contributed by atoms with E-state index in [1.807, 2.05) is 16.7 Å². The maximum Gasteiger partial charge on any atom is 0.235 e. The van der Waals surface area contributed by atoms with Crippen LogP contribution in [0.4, 0.5) is 0 Å². The molecule has 7 amide bonds. The van der Waals surface area contributed by atoms with Crippen molar-refractivity contribution in [3.8, 4) is 0 Å². The second-order valence-electron chi connectivity index (χ2n) is 13.1. The number of nitrogens with one attached hydrogen (secondary N) is 8. The van der Waals surface area contributed by atoms with Gasteiger partial charge < -0.3 is 70.0 Å². The summed E-state index contributed by atoms with van der Waals surface area (Å²) >= 11 is 0. The molecule has 0 aliphatic heterocycles. The number of hydrogen-bond donors (Lipinski definition) is 12. The highest BCUT2D eigenvalue weighted by Gasteiger charge is 2.15. The molecule has 16 N–H and O–H groups in total. The molecular formula is C35H73N15O7. The number of hydrazine groups is 1. The Bertz CT molecular complexity index is 1030. The number of rotatable bonds is 37. The van der Waals surface area contributed by atoms with Crippen molar-refractivity contribution in [1.82, 2.24) is 57.5 Å². The molecule has 0 heterocycles. The van der Waals surface area contributed by atoms with Crippen molar-refractivity contribution in [2.24, 2.45) is 22.9 Å². The molecule has 0 bridgehead atoms. The fourth-order valence-electron chi connectivity index (χ4n) is 5.10. The Labute approximate surface area is 337 Å². The summed E-state index contributed by atoms with van der Waals surface area (Å²) in [6.07, 6.45) is 2.02. The molecule has 0 saturated carbocycles. The van der Waals surface area contributed by atoms with E-state index in [1.165, 1.54) is 0 Å². The minimum Gasteiger partial charge on any atom is -0.355 e. The normalized spacial score (nSPS) is 11.0. The third-order valence-corrected chi connectivity index (χ3v) is 8.24. The summed E-state index contributed by atoms with van der Waals surface area (Å²) in [5.41, 5.74) is 24.9. The fraction of sp³-hybridized carbons (Fsp3) is 0.800. The van der Waals surface area contributed by atoms with Gasteiger partial charge in [-0.2, -0.15) is 0 Å². The van der Waals surface area contributed by atoms with Crippen LogP contribution in [0, 0.1) is 0 Å². The van der Waals surface area contributed by atoms with Crippen LogP contribution in [-0.2, 0) is 33.6 Å². The zero-order chi connectivity index (χ0) is 42.5. The molecule has 0 aromatic rings. The van der Waals surface area contributed by atoms with Gasteiger partial charge in [-0.15, -0.1) is 0 Å². The van der Waals surface area contributed by atoms with Crippen molar-refractivity contribution in [2.45, 2.75) is 51.9 Å². The first-order valence-electron chi connectivity index (χ1n) is 20.1. The number of carbonyl (C=O) groups is 7. The smallest absolute Gasteiger partial charge is 0.235 e. The monoisotopic (exact) mass is 816 g/mol. The summed E-state index contributed by atoms with van der Waals surface area (Å²) in [4.78, 5) is 90.1. The molecule has 0 spiro atoms. The minimum absolute atomic E-state index is 0.0905. The molecule has 0 rings (SSSR count). The fourth-order valence-corrected chi connectivity index (χ4v) is 5.10. The summed E-state index contributed by atoms with van der Waals surface area (Å²) in [5.74, 6) is -1.27. The van der Waals surface area contributed by atoms with E-state index in [0.29, 0.717) is 118 Å². The van der Waals surface area contributed by atoms with Crippen molar-refractivity contribution < 1.29 is 33.6 Å². The first-order valence-corrected chi connectivity index (χ1v) is 20.1. The lowest BCUT2D eigenvalue weighted by atomic mass is 10.3. The van der Waals surface area contributed by atoms with E-state index in [-0.39, 0.29) is 99.6 Å². The molecule has 22 nitrogen and oxygen atoms in total. The van der Waals surface area contributed by atoms with E-state index in [2.05, 4.69) is 42.6 Å². The summed E-state index contributed by atoms with van der Waals surface area (Å²) < 4.78 is 0. The van der Waals surface area contributed by atoms with Crippen molar-refractivity contribution in [3.63, 3.8) is 0 Å². The third kappa shape index (κ3) is 32.7. The van der Waals surface area contributed by atoms with Crippen LogP contribution in [-0.4, -0.2) is 187 Å². The zero-order valence-corrected chi connectivity index (χ0v) is 34.1. The van der Waals surface area contributed by atoms with Gasteiger partial charge in [-0.25, -0.2) is 10.4 Å². The average Bonchev–Trinajstić information content (AvgIpc) is 3.19. The van der Waals surface area contributed by atoms with Crippen LogP contribution < -0.4 is 65.6 Å². The molecule has 330 valence electrons. The van der Waals surface area contributed by atoms with E-state index >= 15 is 0 Å². The Morgan fingerprint density at radius 2 is 0.667 bits per heavy atom. The van der Waals surface area contributed by atoms with Gasteiger partial charge in [-0.1, -0.05) is 6.92 Å². The lowest BCUT2D eigenvalue weighted by Crippen LogP contribution is -2.49. The van der Waals surface area contributed by atoms with Crippen LogP contribution in [0.15, 0.2) is 0 Å². The quantitative estimate of drug-likeness (QED) is 0.0260. The van der Waals surface area contributed by atoms with Gasteiger partial charge in [0, 0.05) is 163 Å². The molecule has 0 radical (unpaired) electrons. The summed E-state index contributed by atoms with van der Waals surface area (Å²) in [6, 6.07) is 0. The zero-order valence-electron chi connectivity index (χ0n) is 34.1. The average molecular weight is 816 g/mol. The largest absolute Gasteiger partial charge is 0.355 e. The van der Waals surface area contributed by atoms with Gasteiger partial charge in [0.05, 0.1) is 6.54 Å². The molecule has 57 heavy (non-hydrogen) atoms. The van der Waals surface area contributed by atoms with E-state index in [4.69, 9.17) is 22.9 Å². The molecule has 0 saturated heterocycles. The summed E-state index contributed by atoms with van der Waals surface area (Å²) in [6.45, 7) is 8.34. The molecule has 0 aromatic carbocycles. The highest BCUT2D eigenvalue weighted by molar-refractivity contribution is 5.79. The standard InChI is InChI=1S/C35H73N15O7/c1-2-3-29(51)45-19-27-50(24-8-34(56)44-17-25-48(20-4-30(52)40-13-9-36)21-5-31(53)41-14-10-37)47-28-35(57)46-18-26-49(22-6-32(54)42-15-11-38)23-7-33(55)43-16-12-39/h47H,2-28,36-39H2,1H3,(H,40,52)(H,41,53)(H,42,54)(H,43,55)(H,44,56)(H,45,51)(H,46,57). The minimum atomic E-state index is -0.311. The lowest BCUT2D eigenvalue weighted by molar-refractivity contribution is -0.124. The Balaban J connectivity index is 5.13. The summed E-state index contributed by atoms with van der Waals surface area (Å²) in [5, 5.41) is 21.1. The number of carbonyl (C=O) groups excluding carboxylic acids is 7. The Morgan fingerprint density at radius 3 is 1.02 bits per heavy atom. The Kier molecular flexibility index (Phi) is 33.8. The van der Waals surface area contributed by atoms with Gasteiger partial charge in [0.1, 0.15) is 0 Å². The highest BCUT2D eigenvalue weighted by atomic mass is 16.2. The predicted molar refractivity (Wildman–Crippen MR) is 218 cm³/mol. The van der Waals surface area contributed by atoms with Crippen LogP contribution in [0.5, 0.6) is 0 Å². The van der Waals surface area contributed by atoms with E-state index in [0.717, 1.165) is 0 Å². The number of amides is 7. The molecule has 0 atom stereocenters. The Morgan fingerprint density at radius 1 is 0.368 bits per heavy atom. The molecule has 0 aromatic heterocycles. The van der Waals surface area contributed by atoms with Crippen LogP contribution in [0.2, 0.25) is 0 Å². The van der Waals surface area contributed by atoms with E-state index < -0.39 is 0 Å². The van der Waals surface area contributed by atoms with Crippen LogP contribution in [0.3, 0.4) is 0 Å². The molecular weight excluding hydrogens is 742 g/mol. The lowest BCUT2D eigenvalue weighted by Gasteiger charge is -2.24. The van der Waals surface area contributed by atoms with Crippen molar-refractivity contribution in [3.05, 3.63) is 0 Å². The summed E-state index contributed by atoms with van der Waals surface area (Å²) in [7, 11) is 0. The Hall–Kier alpha value is -4.03. The predicted octanol–water partition coefficient (Wildman–Crippen LogP) is -6.20. The maximum atomic E-state index is 12.9. The third-order valence-electron chi connectivity index (χ3n) is 8.24. The second kappa shape index (κ2) is 36.3. The van der Waals surface area contributed by atoms with E-state index in [9.17, 15) is 33.6 Å². The molecule has 0 aliphatic rings. The van der Waals surface area contributed by atoms with Gasteiger partial charge in [-0.05, 0) is 6.42 Å². The van der Waals surface area contributed by atoms with Gasteiger partial charge in [-0.3, -0.25) is 33.6 Å². The molecule has 0 fully saturated rings. The van der Waals surface area contributed by atoms with Crippen molar-refractivity contribution >= 4 is 41.4 Å². The highest BCUT2D eigenvalue weighted by Crippen LogP contribution is 1.98. The topological polar surface area (TPSA) is 330 Å². The molecule has 0 unspecified atom stereocenters. The second-order valence-corrected chi connectivity index (χ2v) is 13.1. The van der Waals surface area contributed by atoms with Crippen LogP contribution >= 0.6 is 0 Å². The number of nitrogens with zero attached hydrogens (tertiary/aromatic N) is 3. The molecule has 0 aliphatic carbocycles. The van der Waals surface area contributed by atoms with Gasteiger partial charge in [0.2, 0.25) is 41.4 Å².